The van der Waals surface area contributed by atoms with Gasteiger partial charge in [-0.25, -0.2) is 4.79 Å². The molecule has 14 heteroatoms. The van der Waals surface area contributed by atoms with Gasteiger partial charge in [-0.05, 0) is 85.5 Å². The molecule has 1 heterocycles. The van der Waals surface area contributed by atoms with E-state index in [0.29, 0.717) is 52.2 Å². The predicted molar refractivity (Wildman–Crippen MR) is 182 cm³/mol. The number of carboxylic acids is 1. The van der Waals surface area contributed by atoms with Crippen molar-refractivity contribution in [1.29, 1.82) is 0 Å². The summed E-state index contributed by atoms with van der Waals surface area (Å²) in [6, 6.07) is 19.5. The summed E-state index contributed by atoms with van der Waals surface area (Å²) in [4.78, 5) is 50.9. The molecule has 250 valence electrons. The third kappa shape index (κ3) is 10.1. The monoisotopic (exact) mass is 702 g/mol. The summed E-state index contributed by atoms with van der Waals surface area (Å²) in [6.07, 6.45) is 0.643. The first-order chi connectivity index (χ1) is 22.6. The second-order valence-electron chi connectivity index (χ2n) is 10.8. The van der Waals surface area contributed by atoms with Gasteiger partial charge in [0.15, 0.2) is 6.61 Å². The second kappa shape index (κ2) is 17.4. The van der Waals surface area contributed by atoms with Crippen molar-refractivity contribution in [3.63, 3.8) is 0 Å². The SMILES string of the molecule is NCCCC[C@@H](NC(=O)CNC(=O)COc1ccc([C@@H]2[C@@H](SCC(O)c3ccc(Cl)cc3)C(=O)N2c2ccc(Cl)cc2)cc1)C(=O)O. The zero-order valence-electron chi connectivity index (χ0n) is 25.3. The van der Waals surface area contributed by atoms with E-state index in [4.69, 9.17) is 33.7 Å². The third-order valence-electron chi connectivity index (χ3n) is 7.46. The van der Waals surface area contributed by atoms with Crippen LogP contribution in [0.4, 0.5) is 5.69 Å². The normalized spacial score (nSPS) is 16.9. The lowest BCUT2D eigenvalue weighted by atomic mass is 9.92. The molecule has 1 aliphatic heterocycles. The molecule has 0 spiro atoms. The van der Waals surface area contributed by atoms with Crippen LogP contribution in [0.5, 0.6) is 5.75 Å². The molecule has 3 amide bonds. The maximum Gasteiger partial charge on any atom is 0.326 e. The average Bonchev–Trinajstić information content (AvgIpc) is 3.06. The molecule has 0 radical (unpaired) electrons. The van der Waals surface area contributed by atoms with E-state index in [1.165, 1.54) is 11.8 Å². The number of hydrogen-bond donors (Lipinski definition) is 5. The molecule has 1 unspecified atom stereocenters. The lowest BCUT2D eigenvalue weighted by molar-refractivity contribution is -0.142. The maximum absolute atomic E-state index is 13.4. The highest BCUT2D eigenvalue weighted by Gasteiger charge is 2.49. The Morgan fingerprint density at radius 2 is 1.57 bits per heavy atom. The first kappa shape index (κ1) is 36.0. The Kier molecular flexibility index (Phi) is 13.3. The van der Waals surface area contributed by atoms with Crippen molar-refractivity contribution in [2.75, 3.05) is 30.3 Å². The molecule has 1 fully saturated rings. The van der Waals surface area contributed by atoms with E-state index in [1.54, 1.807) is 77.7 Å². The van der Waals surface area contributed by atoms with E-state index in [2.05, 4.69) is 10.6 Å². The van der Waals surface area contributed by atoms with E-state index < -0.39 is 41.7 Å². The number of hydrogen-bond acceptors (Lipinski definition) is 8. The first-order valence-corrected chi connectivity index (χ1v) is 16.7. The number of nitrogens with two attached hydrogens (primary N) is 1. The standard InChI is InChI=1S/C33H36Cl2N4O7S/c34-22-8-4-20(5-9-22)27(40)19-47-31-30(39(32(31)43)24-12-10-23(35)11-13-24)21-6-14-25(15-7-21)46-18-29(42)37-17-28(41)38-26(33(44)45)3-1-2-16-36/h4-15,26-27,30-31,40H,1-3,16-19,36H2,(H,37,42)(H,38,41)(H,44,45)/t26-,27?,30-,31-/m1/s1. The van der Waals surface area contributed by atoms with Crippen LogP contribution in [0.2, 0.25) is 10.0 Å². The van der Waals surface area contributed by atoms with Crippen molar-refractivity contribution in [3.8, 4) is 5.75 Å². The van der Waals surface area contributed by atoms with Gasteiger partial charge in [0.25, 0.3) is 5.91 Å². The van der Waals surface area contributed by atoms with Crippen LogP contribution in [0.25, 0.3) is 0 Å². The third-order valence-corrected chi connectivity index (χ3v) is 9.29. The number of benzene rings is 3. The molecular formula is C33H36Cl2N4O7S. The summed E-state index contributed by atoms with van der Waals surface area (Å²) in [7, 11) is 0. The van der Waals surface area contributed by atoms with Crippen LogP contribution in [-0.4, -0.2) is 70.6 Å². The van der Waals surface area contributed by atoms with Crippen molar-refractivity contribution in [3.05, 3.63) is 94.0 Å². The Hall–Kier alpha value is -3.81. The van der Waals surface area contributed by atoms with E-state index >= 15 is 0 Å². The molecule has 6 N–H and O–H groups in total. The summed E-state index contributed by atoms with van der Waals surface area (Å²) in [5.41, 5.74) is 7.65. The average molecular weight is 704 g/mol. The number of aliphatic hydroxyl groups excluding tert-OH is 1. The van der Waals surface area contributed by atoms with Gasteiger partial charge in [0, 0.05) is 21.5 Å². The lowest BCUT2D eigenvalue weighted by Gasteiger charge is -2.47. The summed E-state index contributed by atoms with van der Waals surface area (Å²) < 4.78 is 5.59. The van der Waals surface area contributed by atoms with Crippen LogP contribution in [0.1, 0.15) is 42.5 Å². The first-order valence-electron chi connectivity index (χ1n) is 14.9. The molecule has 0 aliphatic carbocycles. The summed E-state index contributed by atoms with van der Waals surface area (Å²) in [6.45, 7) is -0.340. The predicted octanol–water partition coefficient (Wildman–Crippen LogP) is 4.11. The number of amides is 3. The van der Waals surface area contributed by atoms with Crippen LogP contribution in [-0.2, 0) is 19.2 Å². The number of unbranched alkanes of at least 4 members (excludes halogenated alkanes) is 1. The lowest BCUT2D eigenvalue weighted by Crippen LogP contribution is -2.57. The number of ether oxygens (including phenoxy) is 1. The highest BCUT2D eigenvalue weighted by Crippen LogP contribution is 2.46. The van der Waals surface area contributed by atoms with Crippen molar-refractivity contribution < 1.29 is 34.1 Å². The molecular weight excluding hydrogens is 667 g/mol. The minimum Gasteiger partial charge on any atom is -0.484 e. The fraction of sp³-hybridized carbons (Fsp3) is 0.333. The number of carbonyl (C=O) groups is 4. The number of aliphatic carboxylic acids is 1. The zero-order valence-corrected chi connectivity index (χ0v) is 27.6. The van der Waals surface area contributed by atoms with Crippen LogP contribution >= 0.6 is 35.0 Å². The maximum atomic E-state index is 13.4. The Morgan fingerprint density at radius 1 is 0.936 bits per heavy atom. The van der Waals surface area contributed by atoms with Crippen LogP contribution in [0.15, 0.2) is 72.8 Å². The van der Waals surface area contributed by atoms with E-state index in [1.807, 2.05) is 0 Å². The van der Waals surface area contributed by atoms with Crippen LogP contribution in [0, 0.1) is 0 Å². The van der Waals surface area contributed by atoms with Gasteiger partial charge < -0.3 is 36.2 Å². The van der Waals surface area contributed by atoms with Gasteiger partial charge in [-0.1, -0.05) is 47.5 Å². The molecule has 0 aromatic heterocycles. The number of carboxylic acid groups (broad SMARTS) is 1. The number of anilines is 1. The second-order valence-corrected chi connectivity index (χ2v) is 12.9. The number of nitrogens with one attached hydrogen (secondary N) is 2. The van der Waals surface area contributed by atoms with Gasteiger partial charge in [-0.2, -0.15) is 0 Å². The van der Waals surface area contributed by atoms with E-state index in [9.17, 15) is 29.4 Å². The van der Waals surface area contributed by atoms with Gasteiger partial charge in [-0.15, -0.1) is 11.8 Å². The molecule has 4 atom stereocenters. The van der Waals surface area contributed by atoms with Crippen LogP contribution < -0.4 is 26.0 Å². The molecule has 1 aliphatic rings. The highest BCUT2D eigenvalue weighted by atomic mass is 35.5. The van der Waals surface area contributed by atoms with E-state index in [-0.39, 0.29) is 25.0 Å². The molecule has 0 saturated carbocycles. The van der Waals surface area contributed by atoms with Gasteiger partial charge in [0.1, 0.15) is 17.0 Å². The Balaban J connectivity index is 1.34. The number of halogens is 2. The quantitative estimate of drug-likeness (QED) is 0.103. The van der Waals surface area contributed by atoms with E-state index in [0.717, 1.165) is 5.56 Å². The van der Waals surface area contributed by atoms with Crippen molar-refractivity contribution >= 4 is 64.3 Å². The number of rotatable bonds is 17. The number of aliphatic hydroxyl groups is 1. The van der Waals surface area contributed by atoms with Crippen molar-refractivity contribution in [1.82, 2.24) is 10.6 Å². The topological polar surface area (TPSA) is 171 Å². The zero-order chi connectivity index (χ0) is 33.9. The minimum absolute atomic E-state index is 0.100. The largest absolute Gasteiger partial charge is 0.484 e. The van der Waals surface area contributed by atoms with Crippen molar-refractivity contribution in [2.24, 2.45) is 5.73 Å². The van der Waals surface area contributed by atoms with Crippen LogP contribution in [0.3, 0.4) is 0 Å². The fourth-order valence-electron chi connectivity index (χ4n) is 4.95. The van der Waals surface area contributed by atoms with Gasteiger partial charge in [-0.3, -0.25) is 14.4 Å². The summed E-state index contributed by atoms with van der Waals surface area (Å²) in [5, 5.41) is 25.5. The molecule has 1 saturated heterocycles. The highest BCUT2D eigenvalue weighted by molar-refractivity contribution is 8.00. The number of carbonyl (C=O) groups excluding carboxylic acids is 3. The van der Waals surface area contributed by atoms with Gasteiger partial charge in [0.05, 0.1) is 18.7 Å². The molecule has 11 nitrogen and oxygen atoms in total. The fourth-order valence-corrected chi connectivity index (χ4v) is 6.50. The number of thioether (sulfide) groups is 1. The molecule has 0 bridgehead atoms. The Labute approximate surface area is 286 Å². The smallest absolute Gasteiger partial charge is 0.326 e. The summed E-state index contributed by atoms with van der Waals surface area (Å²) in [5.74, 6) is -1.76. The van der Waals surface area contributed by atoms with Crippen molar-refractivity contribution in [2.45, 2.75) is 42.7 Å². The number of β-lactam (4-membered cyclic amide) rings is 1. The van der Waals surface area contributed by atoms with Gasteiger partial charge in [0.2, 0.25) is 11.8 Å². The molecule has 3 aromatic carbocycles. The molecule has 3 aromatic rings. The number of nitrogens with zero attached hydrogens (tertiary/aromatic N) is 1. The Morgan fingerprint density at radius 3 is 2.19 bits per heavy atom. The molecule has 4 rings (SSSR count). The van der Waals surface area contributed by atoms with Gasteiger partial charge >= 0.3 is 5.97 Å². The minimum atomic E-state index is -1.16. The summed E-state index contributed by atoms with van der Waals surface area (Å²) >= 11 is 13.4. The molecule has 47 heavy (non-hydrogen) atoms. The Bertz CT molecular complexity index is 1530.